The van der Waals surface area contributed by atoms with Crippen molar-refractivity contribution >= 4 is 11.7 Å². The number of amides is 1. The Labute approximate surface area is 227 Å². The number of ketones is 1. The number of carbonyl (C=O) groups excluding carboxylic acids is 2. The van der Waals surface area contributed by atoms with Gasteiger partial charge in [-0.05, 0) is 75.6 Å². The van der Waals surface area contributed by atoms with Crippen LogP contribution >= 0.6 is 0 Å². The Morgan fingerprint density at radius 1 is 0.923 bits per heavy atom. The van der Waals surface area contributed by atoms with Crippen LogP contribution in [0.1, 0.15) is 46.6 Å². The molecule has 39 heavy (non-hydrogen) atoms. The minimum Gasteiger partial charge on any atom is -0.338 e. The molecule has 1 aromatic heterocycles. The first kappa shape index (κ1) is 27.7. The minimum atomic E-state index is -4.78. The second-order valence-electron chi connectivity index (χ2n) is 11.5. The number of Topliss-reactive ketones (excluding diaryl/α,β-unsaturated/α-hetero) is 1. The molecule has 3 aliphatic rings. The van der Waals surface area contributed by atoms with Crippen LogP contribution < -0.4 is 0 Å². The molecule has 1 aromatic carbocycles. The number of fused-ring (bicyclic) bond motifs is 1. The van der Waals surface area contributed by atoms with Gasteiger partial charge in [-0.1, -0.05) is 30.3 Å². The molecule has 210 valence electrons. The highest BCUT2D eigenvalue weighted by Gasteiger charge is 2.44. The average molecular weight is 544 g/mol. The number of aromatic nitrogens is 2. The molecular weight excluding hydrogens is 507 g/mol. The third kappa shape index (κ3) is 5.87. The van der Waals surface area contributed by atoms with Crippen molar-refractivity contribution in [2.75, 3.05) is 52.4 Å². The van der Waals surface area contributed by atoms with E-state index in [2.05, 4.69) is 27.0 Å². The van der Waals surface area contributed by atoms with Crippen molar-refractivity contribution in [3.05, 3.63) is 59.2 Å². The van der Waals surface area contributed by atoms with Crippen molar-refractivity contribution in [1.29, 1.82) is 0 Å². The van der Waals surface area contributed by atoms with E-state index < -0.39 is 18.5 Å². The fraction of sp³-hybridized carbons (Fsp3) is 0.586. The Kier molecular flexibility index (Phi) is 7.79. The van der Waals surface area contributed by atoms with Crippen LogP contribution in [0.2, 0.25) is 0 Å². The second-order valence-corrected chi connectivity index (χ2v) is 11.5. The standard InChI is InChI=1S/C29H36F3N5O2/c1-20-26(21(2)34-19-33-20)27(39)37-16-22-14-36(15-23(22)17-37)13-10-28(24-6-4-3-5-7-24)8-11-35(12-9-28)18-25(38)29(30,31)32/h3-7,19,22-23H,8-18H2,1-2H3. The van der Waals surface area contributed by atoms with Gasteiger partial charge in [-0.15, -0.1) is 0 Å². The zero-order chi connectivity index (χ0) is 27.8. The normalized spacial score (nSPS) is 23.7. The maximum Gasteiger partial charge on any atom is 0.451 e. The highest BCUT2D eigenvalue weighted by Crippen LogP contribution is 2.40. The second kappa shape index (κ2) is 11.0. The van der Waals surface area contributed by atoms with Gasteiger partial charge in [0.05, 0.1) is 23.5 Å². The van der Waals surface area contributed by atoms with E-state index in [1.54, 1.807) is 4.90 Å². The van der Waals surface area contributed by atoms with Crippen LogP contribution in [0.25, 0.3) is 0 Å². The van der Waals surface area contributed by atoms with Gasteiger partial charge in [0.25, 0.3) is 5.91 Å². The molecule has 4 heterocycles. The quantitative estimate of drug-likeness (QED) is 0.531. The number of alkyl halides is 3. The van der Waals surface area contributed by atoms with E-state index in [4.69, 9.17) is 0 Å². The molecule has 5 rings (SSSR count). The highest BCUT2D eigenvalue weighted by atomic mass is 19.4. The van der Waals surface area contributed by atoms with Crippen LogP contribution in [0.3, 0.4) is 0 Å². The summed E-state index contributed by atoms with van der Waals surface area (Å²) in [5, 5.41) is 0. The Bertz CT molecular complexity index is 1160. The van der Waals surface area contributed by atoms with Crippen LogP contribution in [-0.4, -0.2) is 94.9 Å². The molecule has 2 atom stereocenters. The molecule has 0 N–H and O–H groups in total. The molecule has 7 nitrogen and oxygen atoms in total. The number of rotatable bonds is 7. The summed E-state index contributed by atoms with van der Waals surface area (Å²) in [4.78, 5) is 39.3. The van der Waals surface area contributed by atoms with Gasteiger partial charge in [0.15, 0.2) is 0 Å². The predicted octanol–water partition coefficient (Wildman–Crippen LogP) is 3.65. The molecule has 1 amide bonds. The third-order valence-electron chi connectivity index (χ3n) is 9.08. The SMILES string of the molecule is Cc1ncnc(C)c1C(=O)N1CC2CN(CCC3(c4ccccc4)CCN(CC(=O)C(F)(F)F)CC3)CC2C1. The van der Waals surface area contributed by atoms with Crippen molar-refractivity contribution in [3.8, 4) is 0 Å². The monoisotopic (exact) mass is 543 g/mol. The van der Waals surface area contributed by atoms with Gasteiger partial charge < -0.3 is 9.80 Å². The number of piperidine rings is 1. The Hall–Kier alpha value is -2.85. The van der Waals surface area contributed by atoms with Crippen LogP contribution in [0.4, 0.5) is 13.2 Å². The largest absolute Gasteiger partial charge is 0.451 e. The van der Waals surface area contributed by atoms with Crippen molar-refractivity contribution in [2.24, 2.45) is 11.8 Å². The molecule has 2 unspecified atom stereocenters. The Morgan fingerprint density at radius 2 is 1.51 bits per heavy atom. The summed E-state index contributed by atoms with van der Waals surface area (Å²) in [6, 6.07) is 10.3. The molecule has 3 aliphatic heterocycles. The summed E-state index contributed by atoms with van der Waals surface area (Å²) in [6.45, 7) is 8.34. The van der Waals surface area contributed by atoms with Gasteiger partial charge in [0.1, 0.15) is 6.33 Å². The average Bonchev–Trinajstić information content (AvgIpc) is 3.47. The zero-order valence-corrected chi connectivity index (χ0v) is 22.6. The third-order valence-corrected chi connectivity index (χ3v) is 9.08. The fourth-order valence-electron chi connectivity index (χ4n) is 6.78. The molecule has 2 aromatic rings. The first-order valence-corrected chi connectivity index (χ1v) is 13.7. The molecule has 0 radical (unpaired) electrons. The number of hydrogen-bond acceptors (Lipinski definition) is 6. The van der Waals surface area contributed by atoms with Crippen LogP contribution in [0.15, 0.2) is 36.7 Å². The summed E-state index contributed by atoms with van der Waals surface area (Å²) in [5.74, 6) is -0.787. The van der Waals surface area contributed by atoms with Gasteiger partial charge in [-0.3, -0.25) is 14.5 Å². The number of carbonyl (C=O) groups is 2. The molecule has 0 spiro atoms. The van der Waals surface area contributed by atoms with Crippen LogP contribution in [0.5, 0.6) is 0 Å². The van der Waals surface area contributed by atoms with Crippen molar-refractivity contribution < 1.29 is 22.8 Å². The van der Waals surface area contributed by atoms with Gasteiger partial charge in [0, 0.05) is 26.2 Å². The van der Waals surface area contributed by atoms with E-state index in [0.717, 1.165) is 52.0 Å². The molecule has 0 saturated carbocycles. The van der Waals surface area contributed by atoms with Gasteiger partial charge in [-0.2, -0.15) is 13.2 Å². The fourth-order valence-corrected chi connectivity index (χ4v) is 6.78. The zero-order valence-electron chi connectivity index (χ0n) is 22.6. The number of hydrogen-bond donors (Lipinski definition) is 0. The minimum absolute atomic E-state index is 0.0188. The van der Waals surface area contributed by atoms with E-state index in [-0.39, 0.29) is 11.3 Å². The summed E-state index contributed by atoms with van der Waals surface area (Å²) in [5.41, 5.74) is 3.14. The van der Waals surface area contributed by atoms with Gasteiger partial charge >= 0.3 is 6.18 Å². The lowest BCUT2D eigenvalue weighted by atomic mass is 9.70. The number of nitrogens with zero attached hydrogens (tertiary/aromatic N) is 5. The van der Waals surface area contributed by atoms with Gasteiger partial charge in [0.2, 0.25) is 5.78 Å². The van der Waals surface area contributed by atoms with Crippen molar-refractivity contribution in [3.63, 3.8) is 0 Å². The summed E-state index contributed by atoms with van der Waals surface area (Å²) >= 11 is 0. The lowest BCUT2D eigenvalue weighted by molar-refractivity contribution is -0.172. The first-order chi connectivity index (χ1) is 18.6. The molecule has 3 fully saturated rings. The van der Waals surface area contributed by atoms with Crippen LogP contribution in [0, 0.1) is 25.7 Å². The number of benzene rings is 1. The lowest BCUT2D eigenvalue weighted by Gasteiger charge is -2.43. The topological polar surface area (TPSA) is 69.6 Å². The predicted molar refractivity (Wildman–Crippen MR) is 140 cm³/mol. The van der Waals surface area contributed by atoms with Crippen molar-refractivity contribution in [2.45, 2.75) is 44.7 Å². The number of likely N-dealkylation sites (tertiary alicyclic amines) is 3. The molecule has 3 saturated heterocycles. The van der Waals surface area contributed by atoms with E-state index in [1.807, 2.05) is 36.9 Å². The van der Waals surface area contributed by atoms with E-state index in [1.165, 1.54) is 11.9 Å². The number of aryl methyl sites for hydroxylation is 2. The van der Waals surface area contributed by atoms with Crippen LogP contribution in [-0.2, 0) is 10.2 Å². The summed E-state index contributed by atoms with van der Waals surface area (Å²) < 4.78 is 38.4. The van der Waals surface area contributed by atoms with Crippen molar-refractivity contribution in [1.82, 2.24) is 24.7 Å². The molecule has 0 aliphatic carbocycles. The first-order valence-electron chi connectivity index (χ1n) is 13.7. The maximum absolute atomic E-state index is 13.2. The van der Waals surface area contributed by atoms with Gasteiger partial charge in [-0.25, -0.2) is 9.97 Å². The Balaban J connectivity index is 1.19. The molecular formula is C29H36F3N5O2. The summed E-state index contributed by atoms with van der Waals surface area (Å²) in [6.07, 6.45) is -0.924. The highest BCUT2D eigenvalue weighted by molar-refractivity contribution is 5.96. The van der Waals surface area contributed by atoms with E-state index in [9.17, 15) is 22.8 Å². The molecule has 0 bridgehead atoms. The molecule has 10 heteroatoms. The van der Waals surface area contributed by atoms with E-state index >= 15 is 0 Å². The lowest BCUT2D eigenvalue weighted by Crippen LogP contribution is -2.47. The van der Waals surface area contributed by atoms with E-state index in [0.29, 0.717) is 41.9 Å². The Morgan fingerprint density at radius 3 is 2.08 bits per heavy atom. The smallest absolute Gasteiger partial charge is 0.338 e. The maximum atomic E-state index is 13.2. The number of halogens is 3. The summed E-state index contributed by atoms with van der Waals surface area (Å²) in [7, 11) is 0.